The molecule has 3 aromatic rings. The number of hydrogen-bond acceptors (Lipinski definition) is 6. The van der Waals surface area contributed by atoms with Crippen molar-refractivity contribution >= 4 is 33.2 Å². The fourth-order valence-corrected chi connectivity index (χ4v) is 5.30. The van der Waals surface area contributed by atoms with Gasteiger partial charge in [0.2, 0.25) is 5.91 Å². The lowest BCUT2D eigenvalue weighted by atomic mass is 10.1. The van der Waals surface area contributed by atoms with Gasteiger partial charge in [-0.3, -0.25) is 9.10 Å². The average molecular weight is 533 g/mol. The highest BCUT2D eigenvalue weighted by Gasteiger charge is 2.28. The minimum absolute atomic E-state index is 0.0513. The van der Waals surface area contributed by atoms with Crippen LogP contribution >= 0.6 is 11.6 Å². The Labute approximate surface area is 216 Å². The topological polar surface area (TPSA) is 94.2 Å². The number of hydrogen-bond donors (Lipinski definition) is 1. The predicted octanol–water partition coefficient (Wildman–Crippen LogP) is 4.75. The summed E-state index contributed by atoms with van der Waals surface area (Å²) < 4.78 is 44.1. The number of carbonyl (C=O) groups is 1. The summed E-state index contributed by atoms with van der Waals surface area (Å²) >= 11 is 6.28. The van der Waals surface area contributed by atoms with Crippen molar-refractivity contribution in [3.8, 4) is 17.2 Å². The zero-order chi connectivity index (χ0) is 26.5. The monoisotopic (exact) mass is 532 g/mol. The number of aryl methyl sites for hydroxylation is 1. The molecule has 0 fully saturated rings. The maximum absolute atomic E-state index is 13.6. The largest absolute Gasteiger partial charge is 0.497 e. The molecule has 36 heavy (non-hydrogen) atoms. The van der Waals surface area contributed by atoms with E-state index in [1.54, 1.807) is 50.4 Å². The van der Waals surface area contributed by atoms with Crippen LogP contribution < -0.4 is 23.8 Å². The number of halogens is 1. The Hall–Kier alpha value is -3.43. The van der Waals surface area contributed by atoms with Crippen LogP contribution in [0.1, 0.15) is 24.1 Å². The zero-order valence-corrected chi connectivity index (χ0v) is 22.3. The lowest BCUT2D eigenvalue weighted by Gasteiger charge is -2.26. The third-order valence-corrected chi connectivity index (χ3v) is 7.68. The number of benzene rings is 3. The molecule has 0 aliphatic carbocycles. The van der Waals surface area contributed by atoms with E-state index in [9.17, 15) is 13.2 Å². The Balaban J connectivity index is 1.95. The van der Waals surface area contributed by atoms with Gasteiger partial charge in [0, 0.05) is 5.56 Å². The number of nitrogens with zero attached hydrogens (tertiary/aromatic N) is 1. The molecule has 0 aliphatic heterocycles. The third kappa shape index (κ3) is 6.03. The van der Waals surface area contributed by atoms with Crippen molar-refractivity contribution in [2.75, 3.05) is 32.2 Å². The van der Waals surface area contributed by atoms with Gasteiger partial charge in [-0.2, -0.15) is 0 Å². The summed E-state index contributed by atoms with van der Waals surface area (Å²) in [7, 11) is 0.439. The second-order valence-electron chi connectivity index (χ2n) is 8.04. The Bertz CT molecular complexity index is 1330. The van der Waals surface area contributed by atoms with Crippen molar-refractivity contribution in [2.24, 2.45) is 0 Å². The van der Waals surface area contributed by atoms with Crippen LogP contribution in [0.15, 0.2) is 65.6 Å². The number of amides is 1. The fourth-order valence-electron chi connectivity index (χ4n) is 3.64. The van der Waals surface area contributed by atoms with Crippen LogP contribution in [0.4, 0.5) is 5.69 Å². The molecule has 0 saturated carbocycles. The molecular weight excluding hydrogens is 504 g/mol. The van der Waals surface area contributed by atoms with Crippen molar-refractivity contribution in [2.45, 2.75) is 24.8 Å². The van der Waals surface area contributed by atoms with Crippen LogP contribution in [0.2, 0.25) is 5.02 Å². The third-order valence-electron chi connectivity index (χ3n) is 5.60. The Kier molecular flexibility index (Phi) is 8.70. The van der Waals surface area contributed by atoms with Crippen molar-refractivity contribution in [1.82, 2.24) is 5.32 Å². The van der Waals surface area contributed by atoms with Gasteiger partial charge >= 0.3 is 0 Å². The van der Waals surface area contributed by atoms with E-state index in [1.807, 2.05) is 6.92 Å². The van der Waals surface area contributed by atoms with Gasteiger partial charge in [-0.05, 0) is 62.4 Å². The Morgan fingerprint density at radius 1 is 0.944 bits per heavy atom. The van der Waals surface area contributed by atoms with Crippen molar-refractivity contribution in [3.63, 3.8) is 0 Å². The van der Waals surface area contributed by atoms with E-state index in [-0.39, 0.29) is 15.6 Å². The first-order valence-electron chi connectivity index (χ1n) is 11.0. The van der Waals surface area contributed by atoms with Crippen LogP contribution in [0, 0.1) is 6.92 Å². The first-order chi connectivity index (χ1) is 17.1. The number of anilines is 1. The summed E-state index contributed by atoms with van der Waals surface area (Å²) in [4.78, 5) is 13.2. The molecule has 10 heteroatoms. The van der Waals surface area contributed by atoms with Crippen LogP contribution in [-0.2, 0) is 14.8 Å². The molecule has 0 bridgehead atoms. The van der Waals surface area contributed by atoms with Crippen LogP contribution in [0.3, 0.4) is 0 Å². The van der Waals surface area contributed by atoms with Crippen molar-refractivity contribution in [3.05, 3.63) is 76.8 Å². The summed E-state index contributed by atoms with van der Waals surface area (Å²) in [6.07, 6.45) is 0. The van der Waals surface area contributed by atoms with E-state index >= 15 is 0 Å². The molecule has 8 nitrogen and oxygen atoms in total. The summed E-state index contributed by atoms with van der Waals surface area (Å²) in [5, 5.41) is 3.07. The van der Waals surface area contributed by atoms with E-state index in [0.29, 0.717) is 22.8 Å². The van der Waals surface area contributed by atoms with E-state index in [1.165, 1.54) is 38.5 Å². The molecule has 0 unspecified atom stereocenters. The number of rotatable bonds is 10. The van der Waals surface area contributed by atoms with Gasteiger partial charge in [0.1, 0.15) is 23.8 Å². The van der Waals surface area contributed by atoms with Crippen LogP contribution in [-0.4, -0.2) is 42.2 Å². The number of carbonyl (C=O) groups excluding carboxylic acids is 1. The van der Waals surface area contributed by atoms with Crippen molar-refractivity contribution < 1.29 is 27.4 Å². The summed E-state index contributed by atoms with van der Waals surface area (Å²) in [5.74, 6) is 1.03. The smallest absolute Gasteiger partial charge is 0.264 e. The quantitative estimate of drug-likeness (QED) is 0.405. The molecule has 0 spiro atoms. The molecule has 3 aromatic carbocycles. The second-order valence-corrected chi connectivity index (χ2v) is 10.3. The Morgan fingerprint density at radius 3 is 2.17 bits per heavy atom. The van der Waals surface area contributed by atoms with E-state index in [2.05, 4.69) is 5.32 Å². The van der Waals surface area contributed by atoms with Gasteiger partial charge in [0.15, 0.2) is 0 Å². The SMILES string of the molecule is COc1ccc(OC)c([C@H](C)NC(=O)CN(c2ccc(OC)c(Cl)c2)S(=O)(=O)c2ccc(C)cc2)c1. The van der Waals surface area contributed by atoms with Crippen molar-refractivity contribution in [1.29, 1.82) is 0 Å². The zero-order valence-electron chi connectivity index (χ0n) is 20.7. The molecule has 0 saturated heterocycles. The average Bonchev–Trinajstić information content (AvgIpc) is 2.86. The molecule has 192 valence electrons. The maximum atomic E-state index is 13.6. The highest BCUT2D eigenvalue weighted by atomic mass is 35.5. The lowest BCUT2D eigenvalue weighted by Crippen LogP contribution is -2.41. The highest BCUT2D eigenvalue weighted by Crippen LogP contribution is 2.33. The first kappa shape index (κ1) is 27.2. The van der Waals surface area contributed by atoms with Gasteiger partial charge in [-0.25, -0.2) is 8.42 Å². The van der Waals surface area contributed by atoms with Gasteiger partial charge in [0.25, 0.3) is 10.0 Å². The lowest BCUT2D eigenvalue weighted by molar-refractivity contribution is -0.120. The normalized spacial score (nSPS) is 11.9. The molecule has 0 aromatic heterocycles. The number of methoxy groups -OCH3 is 3. The van der Waals surface area contributed by atoms with Crippen LogP contribution in [0.25, 0.3) is 0 Å². The Morgan fingerprint density at radius 2 is 1.58 bits per heavy atom. The summed E-state index contributed by atoms with van der Waals surface area (Å²) in [6.45, 7) is 3.16. The minimum atomic E-state index is -4.10. The molecule has 0 heterocycles. The molecular formula is C26H29ClN2O6S. The molecule has 0 aliphatic rings. The van der Waals surface area contributed by atoms with Gasteiger partial charge in [-0.1, -0.05) is 29.3 Å². The maximum Gasteiger partial charge on any atom is 0.264 e. The van der Waals surface area contributed by atoms with Gasteiger partial charge in [-0.15, -0.1) is 0 Å². The van der Waals surface area contributed by atoms with Gasteiger partial charge < -0.3 is 19.5 Å². The van der Waals surface area contributed by atoms with E-state index in [4.69, 9.17) is 25.8 Å². The fraction of sp³-hybridized carbons (Fsp3) is 0.269. The number of ether oxygens (including phenoxy) is 3. The standard InChI is InChI=1S/C26H29ClN2O6S/c1-17-6-10-21(11-7-17)36(31,32)29(19-8-12-25(35-5)23(27)14-19)16-26(30)28-18(2)22-15-20(33-3)9-13-24(22)34-4/h6-15,18H,16H2,1-5H3,(H,28,30)/t18-/m0/s1. The number of nitrogens with one attached hydrogen (secondary N) is 1. The summed E-state index contributed by atoms with van der Waals surface area (Å²) in [5.41, 5.74) is 1.82. The minimum Gasteiger partial charge on any atom is -0.497 e. The molecule has 3 rings (SSSR count). The molecule has 1 amide bonds. The van der Waals surface area contributed by atoms with Crippen LogP contribution in [0.5, 0.6) is 17.2 Å². The summed E-state index contributed by atoms with van der Waals surface area (Å²) in [6, 6.07) is 15.7. The molecule has 1 N–H and O–H groups in total. The predicted molar refractivity (Wildman–Crippen MR) is 140 cm³/mol. The van der Waals surface area contributed by atoms with Gasteiger partial charge in [0.05, 0.1) is 43.0 Å². The highest BCUT2D eigenvalue weighted by molar-refractivity contribution is 7.92. The first-order valence-corrected chi connectivity index (χ1v) is 12.9. The second kappa shape index (κ2) is 11.5. The number of sulfonamides is 1. The molecule has 0 radical (unpaired) electrons. The molecule has 1 atom stereocenters. The van der Waals surface area contributed by atoms with E-state index < -0.39 is 28.5 Å². The van der Waals surface area contributed by atoms with E-state index in [0.717, 1.165) is 9.87 Å².